The van der Waals surface area contributed by atoms with E-state index in [1.807, 2.05) is 11.3 Å². The molecule has 0 radical (unpaired) electrons. The van der Waals surface area contributed by atoms with Crippen molar-refractivity contribution in [3.63, 3.8) is 0 Å². The first kappa shape index (κ1) is 17.0. The number of rotatable bonds is 8. The summed E-state index contributed by atoms with van der Waals surface area (Å²) in [7, 11) is 2.16. The molecule has 21 heavy (non-hydrogen) atoms. The lowest BCUT2D eigenvalue weighted by Crippen LogP contribution is -2.60. The van der Waals surface area contributed by atoms with Crippen molar-refractivity contribution < 1.29 is 0 Å². The van der Waals surface area contributed by atoms with Gasteiger partial charge in [0.05, 0.1) is 0 Å². The molecule has 120 valence electrons. The minimum Gasteiger partial charge on any atom is -0.315 e. The zero-order chi connectivity index (χ0) is 15.3. The van der Waals surface area contributed by atoms with E-state index in [0.717, 1.165) is 6.42 Å². The molecule has 1 aromatic heterocycles. The number of hydrogen-bond acceptors (Lipinski definition) is 3. The third kappa shape index (κ3) is 3.52. The zero-order valence-electron chi connectivity index (χ0n) is 14.2. The van der Waals surface area contributed by atoms with Gasteiger partial charge in [-0.05, 0) is 58.0 Å². The second-order valence-electron chi connectivity index (χ2n) is 6.25. The van der Waals surface area contributed by atoms with Gasteiger partial charge in [0, 0.05) is 21.3 Å². The first-order valence-corrected chi connectivity index (χ1v) is 9.51. The maximum Gasteiger partial charge on any atom is 0.0365 e. The lowest BCUT2D eigenvalue weighted by Gasteiger charge is -2.46. The SMILES string of the molecule is CCc1ccc(CC(NC)C2(N(CC)CC)CCCC2)s1. The topological polar surface area (TPSA) is 15.3 Å². The molecule has 0 bridgehead atoms. The predicted molar refractivity (Wildman–Crippen MR) is 94.4 cm³/mol. The summed E-state index contributed by atoms with van der Waals surface area (Å²) in [5, 5.41) is 3.67. The van der Waals surface area contributed by atoms with E-state index in [1.54, 1.807) is 4.88 Å². The van der Waals surface area contributed by atoms with Crippen LogP contribution in [0.1, 0.15) is 56.2 Å². The number of thiophene rings is 1. The van der Waals surface area contributed by atoms with E-state index in [2.05, 4.69) is 50.2 Å². The normalized spacial score (nSPS) is 19.3. The van der Waals surface area contributed by atoms with Gasteiger partial charge in [-0.1, -0.05) is 33.6 Å². The summed E-state index contributed by atoms with van der Waals surface area (Å²) in [4.78, 5) is 5.78. The Labute approximate surface area is 134 Å². The molecule has 0 aromatic carbocycles. The molecule has 2 rings (SSSR count). The van der Waals surface area contributed by atoms with Crippen molar-refractivity contribution in [3.05, 3.63) is 21.9 Å². The Kier molecular flexibility index (Phi) is 6.27. The maximum absolute atomic E-state index is 3.67. The Morgan fingerprint density at radius 3 is 2.24 bits per heavy atom. The monoisotopic (exact) mass is 308 g/mol. The number of nitrogens with one attached hydrogen (secondary N) is 1. The van der Waals surface area contributed by atoms with Crippen LogP contribution in [0.25, 0.3) is 0 Å². The van der Waals surface area contributed by atoms with Gasteiger partial charge >= 0.3 is 0 Å². The summed E-state index contributed by atoms with van der Waals surface area (Å²) in [5.41, 5.74) is 0.370. The Morgan fingerprint density at radius 2 is 1.76 bits per heavy atom. The van der Waals surface area contributed by atoms with Crippen LogP contribution in [0.15, 0.2) is 12.1 Å². The van der Waals surface area contributed by atoms with Crippen LogP contribution in [0.4, 0.5) is 0 Å². The standard InChI is InChI=1S/C18H32N2S/c1-5-15-10-11-16(21-15)14-17(19-4)18(12-8-9-13-18)20(6-2)7-3/h10-11,17,19H,5-9,12-14H2,1-4H3. The van der Waals surface area contributed by atoms with Crippen LogP contribution < -0.4 is 5.32 Å². The minimum atomic E-state index is 0.370. The molecule has 0 amide bonds. The van der Waals surface area contributed by atoms with Crippen LogP contribution in [0.5, 0.6) is 0 Å². The molecule has 0 spiro atoms. The fourth-order valence-electron chi connectivity index (χ4n) is 4.21. The second kappa shape index (κ2) is 7.75. The van der Waals surface area contributed by atoms with E-state index in [0.29, 0.717) is 11.6 Å². The highest BCUT2D eigenvalue weighted by atomic mass is 32.1. The Hall–Kier alpha value is -0.380. The Bertz CT molecular complexity index is 417. The molecule has 1 fully saturated rings. The minimum absolute atomic E-state index is 0.370. The third-order valence-electron chi connectivity index (χ3n) is 5.33. The first-order chi connectivity index (χ1) is 10.2. The highest BCUT2D eigenvalue weighted by molar-refractivity contribution is 7.11. The summed E-state index contributed by atoms with van der Waals surface area (Å²) in [6, 6.07) is 5.23. The van der Waals surface area contributed by atoms with Gasteiger partial charge < -0.3 is 5.32 Å². The third-order valence-corrected chi connectivity index (χ3v) is 6.58. The number of hydrogen-bond donors (Lipinski definition) is 1. The molecule has 1 heterocycles. The molecule has 2 nitrogen and oxygen atoms in total. The average Bonchev–Trinajstić information content (AvgIpc) is 3.15. The number of likely N-dealkylation sites (N-methyl/N-ethyl adjacent to an activating group) is 2. The fraction of sp³-hybridized carbons (Fsp3) is 0.778. The van der Waals surface area contributed by atoms with Gasteiger partial charge in [0.2, 0.25) is 0 Å². The van der Waals surface area contributed by atoms with E-state index >= 15 is 0 Å². The van der Waals surface area contributed by atoms with Crippen molar-refractivity contribution in [2.75, 3.05) is 20.1 Å². The molecule has 1 unspecified atom stereocenters. The molecule has 1 atom stereocenters. The van der Waals surface area contributed by atoms with Crippen molar-refractivity contribution in [3.8, 4) is 0 Å². The van der Waals surface area contributed by atoms with Crippen LogP contribution in [0.2, 0.25) is 0 Å². The van der Waals surface area contributed by atoms with Crippen LogP contribution in [-0.2, 0) is 12.8 Å². The molecular weight excluding hydrogens is 276 g/mol. The lowest BCUT2D eigenvalue weighted by molar-refractivity contribution is 0.0661. The van der Waals surface area contributed by atoms with Crippen LogP contribution in [0, 0.1) is 0 Å². The van der Waals surface area contributed by atoms with Gasteiger partial charge in [-0.3, -0.25) is 4.90 Å². The van der Waals surface area contributed by atoms with Gasteiger partial charge in [0.25, 0.3) is 0 Å². The molecule has 3 heteroatoms. The summed E-state index contributed by atoms with van der Waals surface area (Å²) < 4.78 is 0. The molecule has 1 aliphatic carbocycles. The molecule has 1 aromatic rings. The van der Waals surface area contributed by atoms with Crippen molar-refractivity contribution in [2.45, 2.75) is 70.9 Å². The quantitative estimate of drug-likeness (QED) is 0.778. The van der Waals surface area contributed by atoms with Gasteiger partial charge in [0.1, 0.15) is 0 Å². The largest absolute Gasteiger partial charge is 0.315 e. The second-order valence-corrected chi connectivity index (χ2v) is 7.50. The maximum atomic E-state index is 3.67. The Balaban J connectivity index is 2.19. The lowest BCUT2D eigenvalue weighted by atomic mass is 9.83. The number of aryl methyl sites for hydroxylation is 1. The van der Waals surface area contributed by atoms with Crippen LogP contribution in [0.3, 0.4) is 0 Å². The first-order valence-electron chi connectivity index (χ1n) is 8.70. The molecule has 0 saturated heterocycles. The predicted octanol–water partition coefficient (Wildman–Crippen LogP) is 4.10. The fourth-order valence-corrected chi connectivity index (χ4v) is 5.21. The zero-order valence-corrected chi connectivity index (χ0v) is 15.1. The molecule has 1 N–H and O–H groups in total. The molecule has 1 saturated carbocycles. The van der Waals surface area contributed by atoms with Gasteiger partial charge in [-0.15, -0.1) is 11.3 Å². The average molecular weight is 309 g/mol. The van der Waals surface area contributed by atoms with Gasteiger partial charge in [-0.25, -0.2) is 0 Å². The van der Waals surface area contributed by atoms with E-state index in [4.69, 9.17) is 0 Å². The summed E-state index contributed by atoms with van der Waals surface area (Å²) in [6.45, 7) is 9.21. The van der Waals surface area contributed by atoms with Gasteiger partial charge in [0.15, 0.2) is 0 Å². The van der Waals surface area contributed by atoms with Crippen LogP contribution in [-0.4, -0.2) is 36.6 Å². The van der Waals surface area contributed by atoms with E-state index in [9.17, 15) is 0 Å². The van der Waals surface area contributed by atoms with Crippen molar-refractivity contribution in [2.24, 2.45) is 0 Å². The summed E-state index contributed by atoms with van der Waals surface area (Å²) in [6.07, 6.45) is 7.82. The van der Waals surface area contributed by atoms with E-state index in [-0.39, 0.29) is 0 Å². The summed E-state index contributed by atoms with van der Waals surface area (Å²) >= 11 is 2.00. The van der Waals surface area contributed by atoms with Crippen LogP contribution >= 0.6 is 11.3 Å². The van der Waals surface area contributed by atoms with Crippen molar-refractivity contribution in [1.29, 1.82) is 0 Å². The summed E-state index contributed by atoms with van der Waals surface area (Å²) in [5.74, 6) is 0. The molecule has 1 aliphatic rings. The van der Waals surface area contributed by atoms with E-state index in [1.165, 1.54) is 50.1 Å². The Morgan fingerprint density at radius 1 is 1.14 bits per heavy atom. The van der Waals surface area contributed by atoms with Crippen molar-refractivity contribution >= 4 is 11.3 Å². The van der Waals surface area contributed by atoms with Crippen molar-refractivity contribution in [1.82, 2.24) is 10.2 Å². The highest BCUT2D eigenvalue weighted by Gasteiger charge is 2.44. The van der Waals surface area contributed by atoms with Gasteiger partial charge in [-0.2, -0.15) is 0 Å². The molecular formula is C18H32N2S. The molecule has 0 aliphatic heterocycles. The number of nitrogens with zero attached hydrogens (tertiary/aromatic N) is 1. The smallest absolute Gasteiger partial charge is 0.0365 e. The van der Waals surface area contributed by atoms with E-state index < -0.39 is 0 Å². The highest BCUT2D eigenvalue weighted by Crippen LogP contribution is 2.39.